The van der Waals surface area contributed by atoms with Crippen molar-refractivity contribution in [2.24, 2.45) is 0 Å². The normalized spacial score (nSPS) is 25.2. The van der Waals surface area contributed by atoms with Gasteiger partial charge in [-0.1, -0.05) is 30.3 Å². The first-order valence-electron chi connectivity index (χ1n) is 11.2. The van der Waals surface area contributed by atoms with Crippen molar-refractivity contribution >= 4 is 17.6 Å². The zero-order chi connectivity index (χ0) is 23.1. The number of fused-ring (bicyclic) bond motifs is 3. The third-order valence-corrected chi connectivity index (χ3v) is 6.75. The van der Waals surface area contributed by atoms with E-state index in [2.05, 4.69) is 15.1 Å². The number of carbonyl (C=O) groups excluding carboxylic acids is 2. The Bertz CT molecular complexity index is 1050. The number of urea groups is 1. The lowest BCUT2D eigenvalue weighted by Gasteiger charge is -2.44. The quantitative estimate of drug-likeness (QED) is 0.744. The zero-order valence-corrected chi connectivity index (χ0v) is 19.1. The second kappa shape index (κ2) is 8.57. The summed E-state index contributed by atoms with van der Waals surface area (Å²) in [5.41, 5.74) is 1.85. The number of methoxy groups -OCH3 is 2. The van der Waals surface area contributed by atoms with E-state index in [0.29, 0.717) is 5.75 Å². The molecule has 33 heavy (non-hydrogen) atoms. The minimum atomic E-state index is -0.451. The van der Waals surface area contributed by atoms with E-state index in [0.717, 1.165) is 36.5 Å². The number of nitrogens with zero attached hydrogens (tertiary/aromatic N) is 4. The van der Waals surface area contributed by atoms with Crippen molar-refractivity contribution in [2.45, 2.75) is 31.5 Å². The molecule has 3 heterocycles. The molecule has 2 aromatic carbocycles. The summed E-state index contributed by atoms with van der Waals surface area (Å²) in [5.74, 6) is 1.26. The lowest BCUT2D eigenvalue weighted by molar-refractivity contribution is -0.139. The van der Waals surface area contributed by atoms with Crippen LogP contribution in [0.5, 0.6) is 11.5 Å². The largest absolute Gasteiger partial charge is 0.497 e. The molecular weight excluding hydrogens is 422 g/mol. The number of hydrogen-bond acceptors (Lipinski definition) is 7. The Morgan fingerprint density at radius 2 is 1.82 bits per heavy atom. The van der Waals surface area contributed by atoms with Gasteiger partial charge in [0.05, 0.1) is 26.5 Å². The van der Waals surface area contributed by atoms with Gasteiger partial charge in [-0.15, -0.1) is 0 Å². The van der Waals surface area contributed by atoms with Crippen molar-refractivity contribution in [3.05, 3.63) is 54.1 Å². The Labute approximate surface area is 193 Å². The first-order valence-corrected chi connectivity index (χ1v) is 11.2. The van der Waals surface area contributed by atoms with Gasteiger partial charge in [-0.3, -0.25) is 19.9 Å². The van der Waals surface area contributed by atoms with Crippen LogP contribution in [0.1, 0.15) is 12.0 Å². The Morgan fingerprint density at radius 1 is 1.03 bits per heavy atom. The molecule has 3 saturated heterocycles. The molecule has 1 N–H and O–H groups in total. The fourth-order valence-electron chi connectivity index (χ4n) is 5.10. The van der Waals surface area contributed by atoms with Crippen molar-refractivity contribution in [2.75, 3.05) is 39.3 Å². The van der Waals surface area contributed by atoms with Gasteiger partial charge in [-0.25, -0.2) is 4.79 Å². The molecule has 0 spiro atoms. The fraction of sp³-hybridized carbons (Fsp3) is 0.417. The van der Waals surface area contributed by atoms with Gasteiger partial charge in [0, 0.05) is 26.2 Å². The molecule has 174 valence electrons. The minimum absolute atomic E-state index is 0.162. The molecule has 9 nitrogen and oxygen atoms in total. The third kappa shape index (κ3) is 3.57. The van der Waals surface area contributed by atoms with E-state index < -0.39 is 12.2 Å². The highest BCUT2D eigenvalue weighted by Crippen LogP contribution is 2.38. The van der Waals surface area contributed by atoms with Crippen LogP contribution < -0.4 is 19.7 Å². The van der Waals surface area contributed by atoms with E-state index in [-0.39, 0.29) is 24.8 Å². The maximum absolute atomic E-state index is 13.6. The summed E-state index contributed by atoms with van der Waals surface area (Å²) in [6.45, 7) is 1.83. The molecule has 3 aliphatic heterocycles. The van der Waals surface area contributed by atoms with Gasteiger partial charge in [0.25, 0.3) is 5.91 Å². The molecular formula is C24H29N5O4. The maximum Gasteiger partial charge on any atom is 0.328 e. The molecule has 2 aromatic rings. The lowest BCUT2D eigenvalue weighted by atomic mass is 10.1. The van der Waals surface area contributed by atoms with Gasteiger partial charge < -0.3 is 19.3 Å². The molecule has 0 bridgehead atoms. The van der Waals surface area contributed by atoms with Gasteiger partial charge in [0.15, 0.2) is 0 Å². The third-order valence-electron chi connectivity index (χ3n) is 6.75. The molecule has 0 radical (unpaired) electrons. The number of imide groups is 1. The Kier molecular flexibility index (Phi) is 5.59. The molecule has 0 aromatic heterocycles. The van der Waals surface area contributed by atoms with Gasteiger partial charge in [0.2, 0.25) is 0 Å². The summed E-state index contributed by atoms with van der Waals surface area (Å²) < 4.78 is 11.0. The molecule has 9 heteroatoms. The van der Waals surface area contributed by atoms with Crippen molar-refractivity contribution in [3.63, 3.8) is 0 Å². The maximum atomic E-state index is 13.6. The monoisotopic (exact) mass is 451 g/mol. The summed E-state index contributed by atoms with van der Waals surface area (Å²) >= 11 is 0. The lowest BCUT2D eigenvalue weighted by Crippen LogP contribution is -2.66. The molecule has 0 saturated carbocycles. The van der Waals surface area contributed by atoms with Crippen LogP contribution in [0.4, 0.5) is 10.5 Å². The SMILES string of the molecule is COc1ccc(N2CCCN3C4C(=O)N(Cc5ccccc5)C(=O)N(C)C4NC23)c(OC)c1. The van der Waals surface area contributed by atoms with Crippen molar-refractivity contribution in [1.29, 1.82) is 0 Å². The van der Waals surface area contributed by atoms with E-state index in [1.165, 1.54) is 4.90 Å². The molecule has 3 amide bonds. The molecule has 3 atom stereocenters. The van der Waals surface area contributed by atoms with Crippen LogP contribution in [-0.4, -0.2) is 79.5 Å². The van der Waals surface area contributed by atoms with Crippen molar-refractivity contribution in [3.8, 4) is 11.5 Å². The standard InChI is InChI=1S/C24H29N5O4/c1-26-21-20(22(30)29(24(26)31)15-16-8-5-4-6-9-16)28-13-7-12-27(23(28)25-21)18-11-10-17(32-2)14-19(18)33-3/h4-6,8-11,14,20-21,23,25H,7,12-13,15H2,1-3H3. The molecule has 0 aliphatic carbocycles. The number of anilines is 1. The van der Waals surface area contributed by atoms with E-state index in [1.807, 2.05) is 48.5 Å². The van der Waals surface area contributed by atoms with Crippen LogP contribution in [0.25, 0.3) is 0 Å². The number of amides is 3. The average molecular weight is 452 g/mol. The van der Waals surface area contributed by atoms with Crippen LogP contribution in [-0.2, 0) is 11.3 Å². The molecule has 3 unspecified atom stereocenters. The Hall–Kier alpha value is -3.30. The van der Waals surface area contributed by atoms with Crippen LogP contribution >= 0.6 is 0 Å². The van der Waals surface area contributed by atoms with E-state index in [9.17, 15) is 9.59 Å². The van der Waals surface area contributed by atoms with E-state index in [1.54, 1.807) is 26.2 Å². The summed E-state index contributed by atoms with van der Waals surface area (Å²) in [6.07, 6.45) is 0.263. The van der Waals surface area contributed by atoms with Crippen LogP contribution in [0.3, 0.4) is 0 Å². The summed E-state index contributed by atoms with van der Waals surface area (Å²) in [6, 6.07) is 14.6. The summed E-state index contributed by atoms with van der Waals surface area (Å²) in [5, 5.41) is 3.54. The number of rotatable bonds is 5. The smallest absolute Gasteiger partial charge is 0.328 e. The van der Waals surface area contributed by atoms with Gasteiger partial charge >= 0.3 is 6.03 Å². The number of benzene rings is 2. The van der Waals surface area contributed by atoms with E-state index in [4.69, 9.17) is 9.47 Å². The van der Waals surface area contributed by atoms with Gasteiger partial charge in [-0.2, -0.15) is 0 Å². The van der Waals surface area contributed by atoms with Crippen molar-refractivity contribution < 1.29 is 19.1 Å². The number of ether oxygens (including phenoxy) is 2. The number of likely N-dealkylation sites (N-methyl/N-ethyl adjacent to an activating group) is 1. The predicted octanol–water partition coefficient (Wildman–Crippen LogP) is 1.89. The summed E-state index contributed by atoms with van der Waals surface area (Å²) in [4.78, 5) is 34.1. The average Bonchev–Trinajstić information content (AvgIpc) is 3.25. The highest BCUT2D eigenvalue weighted by atomic mass is 16.5. The second-order valence-corrected chi connectivity index (χ2v) is 8.56. The van der Waals surface area contributed by atoms with Crippen LogP contribution in [0.2, 0.25) is 0 Å². The summed E-state index contributed by atoms with van der Waals surface area (Å²) in [7, 11) is 5.02. The first kappa shape index (κ1) is 21.5. The van der Waals surface area contributed by atoms with Gasteiger partial charge in [0.1, 0.15) is 30.0 Å². The highest BCUT2D eigenvalue weighted by molar-refractivity contribution is 6.00. The molecule has 3 aliphatic rings. The number of hydrogen-bond donors (Lipinski definition) is 1. The zero-order valence-electron chi connectivity index (χ0n) is 19.1. The predicted molar refractivity (Wildman–Crippen MR) is 123 cm³/mol. The van der Waals surface area contributed by atoms with Gasteiger partial charge in [-0.05, 0) is 24.1 Å². The van der Waals surface area contributed by atoms with Crippen molar-refractivity contribution in [1.82, 2.24) is 20.0 Å². The first-order chi connectivity index (χ1) is 16.0. The minimum Gasteiger partial charge on any atom is -0.497 e. The molecule has 3 fully saturated rings. The topological polar surface area (TPSA) is 77.6 Å². The highest BCUT2D eigenvalue weighted by Gasteiger charge is 2.56. The second-order valence-electron chi connectivity index (χ2n) is 8.56. The van der Waals surface area contributed by atoms with E-state index >= 15 is 0 Å². The fourth-order valence-corrected chi connectivity index (χ4v) is 5.10. The van der Waals surface area contributed by atoms with Crippen LogP contribution in [0, 0.1) is 0 Å². The number of nitrogens with one attached hydrogen (secondary N) is 1. The Balaban J connectivity index is 1.45. The Morgan fingerprint density at radius 3 is 2.55 bits per heavy atom. The number of carbonyl (C=O) groups is 2. The molecule has 5 rings (SSSR count). The van der Waals surface area contributed by atoms with Crippen LogP contribution in [0.15, 0.2) is 48.5 Å².